The SMILES string of the molecule is CCCC[SiH](OC)OC.CN(C)C(N)=[N+](C)C. The first-order valence-electron chi connectivity index (χ1n) is 5.93. The Bertz CT molecular complexity index is 203. The van der Waals surface area contributed by atoms with Crippen molar-refractivity contribution in [1.29, 1.82) is 0 Å². The van der Waals surface area contributed by atoms with Gasteiger partial charge in [0.05, 0.1) is 28.2 Å². The first-order chi connectivity index (χ1) is 7.90. The van der Waals surface area contributed by atoms with E-state index in [1.807, 2.05) is 37.7 Å². The normalized spacial score (nSPS) is 9.65. The number of rotatable bonds is 5. The molecule has 104 valence electrons. The average molecular weight is 264 g/mol. The maximum atomic E-state index is 5.53. The van der Waals surface area contributed by atoms with Crippen LogP contribution < -0.4 is 5.73 Å². The van der Waals surface area contributed by atoms with E-state index < -0.39 is 9.28 Å². The van der Waals surface area contributed by atoms with Crippen LogP contribution in [0.15, 0.2) is 0 Å². The second kappa shape index (κ2) is 11.9. The molecule has 0 aliphatic heterocycles. The fraction of sp³-hybridized carbons (Fsp3) is 0.909. The second-order valence-electron chi connectivity index (χ2n) is 4.19. The Balaban J connectivity index is 0. The molecule has 6 heteroatoms. The van der Waals surface area contributed by atoms with Gasteiger partial charge in [0, 0.05) is 14.2 Å². The zero-order chi connectivity index (χ0) is 13.8. The summed E-state index contributed by atoms with van der Waals surface area (Å²) in [6, 6.07) is 1.14. The molecule has 0 aliphatic rings. The maximum Gasteiger partial charge on any atom is 0.344 e. The van der Waals surface area contributed by atoms with Crippen LogP contribution in [-0.4, -0.2) is 67.1 Å². The van der Waals surface area contributed by atoms with Crippen LogP contribution in [0.2, 0.25) is 6.04 Å². The Hall–Kier alpha value is -0.593. The molecule has 0 aromatic carbocycles. The highest BCUT2D eigenvalue weighted by Crippen LogP contribution is 2.01. The summed E-state index contributed by atoms with van der Waals surface area (Å²) >= 11 is 0. The summed E-state index contributed by atoms with van der Waals surface area (Å²) in [5, 5.41) is 0. The molecule has 0 aromatic heterocycles. The fourth-order valence-electron chi connectivity index (χ4n) is 1.10. The van der Waals surface area contributed by atoms with E-state index in [1.165, 1.54) is 12.8 Å². The van der Waals surface area contributed by atoms with Crippen molar-refractivity contribution in [1.82, 2.24) is 4.90 Å². The lowest BCUT2D eigenvalue weighted by molar-refractivity contribution is -0.470. The zero-order valence-electron chi connectivity index (χ0n) is 12.5. The molecule has 5 nitrogen and oxygen atoms in total. The maximum absolute atomic E-state index is 5.53. The molecule has 0 bridgehead atoms. The van der Waals surface area contributed by atoms with E-state index in [4.69, 9.17) is 14.6 Å². The van der Waals surface area contributed by atoms with Crippen LogP contribution in [0.25, 0.3) is 0 Å². The van der Waals surface area contributed by atoms with E-state index in [1.54, 1.807) is 14.2 Å². The van der Waals surface area contributed by atoms with E-state index in [9.17, 15) is 0 Å². The molecular formula is C11H30N3O2Si+. The van der Waals surface area contributed by atoms with Crippen LogP contribution in [0.4, 0.5) is 0 Å². The van der Waals surface area contributed by atoms with Crippen LogP contribution in [-0.2, 0) is 8.85 Å². The molecule has 0 atom stereocenters. The molecule has 2 N–H and O–H groups in total. The Labute approximate surface area is 108 Å². The van der Waals surface area contributed by atoms with Crippen molar-refractivity contribution in [2.75, 3.05) is 42.4 Å². The van der Waals surface area contributed by atoms with Crippen molar-refractivity contribution in [3.63, 3.8) is 0 Å². The second-order valence-corrected chi connectivity index (χ2v) is 6.57. The van der Waals surface area contributed by atoms with Gasteiger partial charge in [-0.1, -0.05) is 19.8 Å². The molecule has 0 fully saturated rings. The zero-order valence-corrected chi connectivity index (χ0v) is 13.6. The number of nitrogens with zero attached hydrogens (tertiary/aromatic N) is 2. The van der Waals surface area contributed by atoms with Gasteiger partial charge in [0.2, 0.25) is 0 Å². The van der Waals surface area contributed by atoms with Crippen LogP contribution in [0.3, 0.4) is 0 Å². The number of hydrogen-bond acceptors (Lipinski definition) is 2. The first kappa shape index (κ1) is 18.8. The van der Waals surface area contributed by atoms with Gasteiger partial charge in [0.25, 0.3) is 0 Å². The van der Waals surface area contributed by atoms with E-state index in [2.05, 4.69) is 6.92 Å². The smallest absolute Gasteiger partial charge is 0.344 e. The molecule has 0 rings (SSSR count). The molecule has 0 aliphatic carbocycles. The minimum atomic E-state index is -1.21. The van der Waals surface area contributed by atoms with Gasteiger partial charge in [-0.05, 0) is 6.04 Å². The standard InChI is InChI=1S/C6H16O2Si.C5H13N3/c1-4-5-6-9(7-2)8-3;1-7(2)5(6)8(3)4/h9H,4-6H2,1-3H3;6H,1-4H3/p+1. The summed E-state index contributed by atoms with van der Waals surface area (Å²) in [4.78, 5) is 1.86. The molecule has 0 heterocycles. The van der Waals surface area contributed by atoms with Crippen molar-refractivity contribution in [2.24, 2.45) is 5.73 Å². The summed E-state index contributed by atoms with van der Waals surface area (Å²) in [5.41, 5.74) is 5.53. The third-order valence-corrected chi connectivity index (χ3v) is 4.17. The molecule has 0 spiro atoms. The lowest BCUT2D eigenvalue weighted by Gasteiger charge is -2.08. The van der Waals surface area contributed by atoms with Crippen LogP contribution in [0, 0.1) is 0 Å². The van der Waals surface area contributed by atoms with Crippen molar-refractivity contribution < 1.29 is 13.4 Å². The van der Waals surface area contributed by atoms with Gasteiger partial charge in [-0.2, -0.15) is 0 Å². The van der Waals surface area contributed by atoms with Crippen molar-refractivity contribution in [2.45, 2.75) is 25.8 Å². The molecule has 0 radical (unpaired) electrons. The summed E-state index contributed by atoms with van der Waals surface area (Å²) in [6.45, 7) is 2.18. The Morgan fingerprint density at radius 2 is 1.71 bits per heavy atom. The lowest BCUT2D eigenvalue weighted by atomic mass is 10.4. The Morgan fingerprint density at radius 3 is 1.88 bits per heavy atom. The van der Waals surface area contributed by atoms with Gasteiger partial charge < -0.3 is 8.85 Å². The summed E-state index contributed by atoms with van der Waals surface area (Å²) in [5.74, 6) is 0.769. The molecular weight excluding hydrogens is 234 g/mol. The summed E-state index contributed by atoms with van der Waals surface area (Å²) < 4.78 is 12.1. The van der Waals surface area contributed by atoms with Crippen LogP contribution in [0.5, 0.6) is 0 Å². The largest absolute Gasteiger partial charge is 0.400 e. The molecule has 0 saturated heterocycles. The topological polar surface area (TPSA) is 50.7 Å². The van der Waals surface area contributed by atoms with Gasteiger partial charge >= 0.3 is 15.2 Å². The van der Waals surface area contributed by atoms with E-state index >= 15 is 0 Å². The number of unbranched alkanes of at least 4 members (excludes halogenated alkanes) is 1. The number of nitrogens with two attached hydrogens (primary N) is 1. The minimum Gasteiger partial charge on any atom is -0.400 e. The quantitative estimate of drug-likeness (QED) is 0.339. The van der Waals surface area contributed by atoms with Gasteiger partial charge in [-0.15, -0.1) is 0 Å². The lowest BCUT2D eigenvalue weighted by Crippen LogP contribution is -2.36. The third kappa shape index (κ3) is 11.7. The highest BCUT2D eigenvalue weighted by atomic mass is 28.3. The van der Waals surface area contributed by atoms with Crippen LogP contribution in [0.1, 0.15) is 19.8 Å². The van der Waals surface area contributed by atoms with Gasteiger partial charge in [0.1, 0.15) is 0 Å². The predicted octanol–water partition coefficient (Wildman–Crippen LogP) is 0.435. The molecule has 0 unspecified atom stereocenters. The van der Waals surface area contributed by atoms with Crippen molar-refractivity contribution in [3.8, 4) is 0 Å². The molecule has 0 saturated carbocycles. The Kier molecular flexibility index (Phi) is 13.1. The van der Waals surface area contributed by atoms with Crippen LogP contribution >= 0.6 is 0 Å². The van der Waals surface area contributed by atoms with Gasteiger partial charge in [-0.25, -0.2) is 0 Å². The van der Waals surface area contributed by atoms with Gasteiger partial charge in [-0.3, -0.25) is 15.2 Å². The Morgan fingerprint density at radius 1 is 1.24 bits per heavy atom. The highest BCUT2D eigenvalue weighted by Gasteiger charge is 2.06. The average Bonchev–Trinajstić information content (AvgIpc) is 2.30. The van der Waals surface area contributed by atoms with Crippen molar-refractivity contribution in [3.05, 3.63) is 0 Å². The predicted molar refractivity (Wildman–Crippen MR) is 75.9 cm³/mol. The van der Waals surface area contributed by atoms with E-state index in [0.717, 1.165) is 12.0 Å². The summed E-state index contributed by atoms with van der Waals surface area (Å²) in [7, 11) is 9.90. The van der Waals surface area contributed by atoms with Gasteiger partial charge in [0.15, 0.2) is 0 Å². The monoisotopic (exact) mass is 264 g/mol. The van der Waals surface area contributed by atoms with E-state index in [-0.39, 0.29) is 0 Å². The molecule has 17 heavy (non-hydrogen) atoms. The molecule has 0 aromatic rings. The minimum absolute atomic E-state index is 0.769. The van der Waals surface area contributed by atoms with Crippen molar-refractivity contribution >= 4 is 15.2 Å². The number of hydrogen-bond donors (Lipinski definition) is 1. The fourth-order valence-corrected chi connectivity index (χ4v) is 2.51. The van der Waals surface area contributed by atoms with E-state index in [0.29, 0.717) is 0 Å². The summed E-state index contributed by atoms with van der Waals surface area (Å²) in [6.07, 6.45) is 2.47. The number of guanidine groups is 1. The molecule has 0 amide bonds. The third-order valence-electron chi connectivity index (χ3n) is 2.24. The first-order valence-corrected chi connectivity index (χ1v) is 7.69. The highest BCUT2D eigenvalue weighted by molar-refractivity contribution is 6.44.